The number of fused-ring (bicyclic) bond motifs is 1. The summed E-state index contributed by atoms with van der Waals surface area (Å²) in [6.07, 6.45) is 11.1. The molecule has 0 amide bonds. The molecule has 2 saturated carbocycles. The van der Waals surface area contributed by atoms with E-state index in [1.54, 1.807) is 0 Å². The van der Waals surface area contributed by atoms with Crippen molar-refractivity contribution in [2.24, 2.45) is 0 Å². The molecule has 1 aromatic heterocycles. The predicted octanol–water partition coefficient (Wildman–Crippen LogP) is 4.79. The molecule has 0 unspecified atom stereocenters. The lowest BCUT2D eigenvalue weighted by atomic mass is 9.96. The Morgan fingerprint density at radius 2 is 1.82 bits per heavy atom. The number of rotatable bonds is 4. The van der Waals surface area contributed by atoms with Gasteiger partial charge in [0.05, 0.1) is 6.54 Å². The maximum atomic E-state index is 12.8. The van der Waals surface area contributed by atoms with Crippen LogP contribution >= 0.6 is 12.2 Å². The van der Waals surface area contributed by atoms with E-state index in [0.717, 1.165) is 40.0 Å². The van der Waals surface area contributed by atoms with Crippen LogP contribution in [-0.2, 0) is 6.54 Å². The summed E-state index contributed by atoms with van der Waals surface area (Å²) in [6.45, 7) is 2.63. The molecule has 0 radical (unpaired) electrons. The van der Waals surface area contributed by atoms with Crippen LogP contribution in [0.15, 0.2) is 29.1 Å². The Kier molecular flexibility index (Phi) is 6.00. The number of aromatic amines is 1. The molecule has 1 heterocycles. The van der Waals surface area contributed by atoms with Crippen molar-refractivity contribution in [1.82, 2.24) is 15.2 Å². The highest BCUT2D eigenvalue weighted by atomic mass is 32.1. The zero-order valence-corrected chi connectivity index (χ0v) is 17.6. The molecule has 28 heavy (non-hydrogen) atoms. The van der Waals surface area contributed by atoms with Gasteiger partial charge in [-0.1, -0.05) is 44.2 Å². The lowest BCUT2D eigenvalue weighted by molar-refractivity contribution is 0.292. The van der Waals surface area contributed by atoms with E-state index in [0.29, 0.717) is 18.6 Å². The second-order valence-corrected chi connectivity index (χ2v) is 8.95. The van der Waals surface area contributed by atoms with Crippen molar-refractivity contribution in [2.45, 2.75) is 83.3 Å². The van der Waals surface area contributed by atoms with E-state index in [-0.39, 0.29) is 5.56 Å². The van der Waals surface area contributed by atoms with Crippen molar-refractivity contribution in [3.05, 3.63) is 45.7 Å². The van der Waals surface area contributed by atoms with E-state index in [1.165, 1.54) is 44.9 Å². The molecular weight excluding hydrogens is 366 g/mol. The summed E-state index contributed by atoms with van der Waals surface area (Å²) < 4.78 is 0. The molecule has 4 rings (SSSR count). The molecule has 0 bridgehead atoms. The molecule has 0 aliphatic heterocycles. The maximum Gasteiger partial charge on any atom is 0.253 e. The molecule has 0 saturated heterocycles. The Balaban J connectivity index is 1.57. The number of nitrogens with zero attached hydrogens (tertiary/aromatic N) is 1. The second-order valence-electron chi connectivity index (χ2n) is 8.57. The molecule has 2 aliphatic carbocycles. The topological polar surface area (TPSA) is 48.1 Å². The van der Waals surface area contributed by atoms with Crippen LogP contribution in [0.25, 0.3) is 10.9 Å². The number of aryl methyl sites for hydroxylation is 1. The molecular formula is C23H31N3OS. The highest BCUT2D eigenvalue weighted by molar-refractivity contribution is 7.80. The zero-order chi connectivity index (χ0) is 19.5. The van der Waals surface area contributed by atoms with Crippen LogP contribution in [0, 0.1) is 6.92 Å². The summed E-state index contributed by atoms with van der Waals surface area (Å²) in [4.78, 5) is 18.1. The summed E-state index contributed by atoms with van der Waals surface area (Å²) in [5, 5.41) is 5.54. The lowest BCUT2D eigenvalue weighted by Crippen LogP contribution is -2.49. The van der Waals surface area contributed by atoms with Crippen LogP contribution in [0.1, 0.15) is 68.9 Å². The summed E-state index contributed by atoms with van der Waals surface area (Å²) in [5.41, 5.74) is 2.86. The van der Waals surface area contributed by atoms with Crippen LogP contribution in [0.4, 0.5) is 0 Å². The van der Waals surface area contributed by atoms with Crippen molar-refractivity contribution < 1.29 is 0 Å². The first-order chi connectivity index (χ1) is 13.6. The first kappa shape index (κ1) is 19.4. The average Bonchev–Trinajstić information content (AvgIpc) is 3.21. The van der Waals surface area contributed by atoms with Crippen LogP contribution < -0.4 is 10.9 Å². The van der Waals surface area contributed by atoms with Crippen molar-refractivity contribution in [3.63, 3.8) is 0 Å². The smallest absolute Gasteiger partial charge is 0.253 e. The van der Waals surface area contributed by atoms with Gasteiger partial charge >= 0.3 is 0 Å². The first-order valence-electron chi connectivity index (χ1n) is 10.8. The quantitative estimate of drug-likeness (QED) is 0.729. The van der Waals surface area contributed by atoms with Crippen molar-refractivity contribution in [2.75, 3.05) is 0 Å². The molecule has 2 N–H and O–H groups in total. The van der Waals surface area contributed by atoms with Gasteiger partial charge < -0.3 is 15.2 Å². The van der Waals surface area contributed by atoms with E-state index >= 15 is 0 Å². The molecule has 150 valence electrons. The van der Waals surface area contributed by atoms with Gasteiger partial charge in [0.1, 0.15) is 0 Å². The van der Waals surface area contributed by atoms with Gasteiger partial charge in [0.2, 0.25) is 0 Å². The van der Waals surface area contributed by atoms with Gasteiger partial charge in [0.15, 0.2) is 5.11 Å². The Bertz CT molecular complexity index is 894. The van der Waals surface area contributed by atoms with Crippen molar-refractivity contribution >= 4 is 28.2 Å². The van der Waals surface area contributed by atoms with Gasteiger partial charge in [-0.25, -0.2) is 0 Å². The monoisotopic (exact) mass is 397 g/mol. The van der Waals surface area contributed by atoms with Crippen LogP contribution in [0.5, 0.6) is 0 Å². The van der Waals surface area contributed by atoms with Crippen LogP contribution in [-0.4, -0.2) is 27.1 Å². The largest absolute Gasteiger partial charge is 0.360 e. The molecule has 0 spiro atoms. The molecule has 2 fully saturated rings. The van der Waals surface area contributed by atoms with Crippen molar-refractivity contribution in [3.8, 4) is 0 Å². The van der Waals surface area contributed by atoms with Crippen LogP contribution in [0.3, 0.4) is 0 Å². The number of aromatic nitrogens is 1. The fraction of sp³-hybridized carbons (Fsp3) is 0.565. The Labute approximate surface area is 172 Å². The molecule has 1 aromatic carbocycles. The minimum Gasteiger partial charge on any atom is -0.360 e. The third kappa shape index (κ3) is 4.40. The SMILES string of the molecule is Cc1ccc2cc(CN(C(=S)NC3CCCCC3)C3CCCC3)c(=O)[nH]c2c1. The highest BCUT2D eigenvalue weighted by Gasteiger charge is 2.27. The van der Waals surface area contributed by atoms with Gasteiger partial charge in [-0.2, -0.15) is 0 Å². The van der Waals surface area contributed by atoms with Gasteiger partial charge in [-0.15, -0.1) is 0 Å². The minimum atomic E-state index is 0.00145. The van der Waals surface area contributed by atoms with Gasteiger partial charge in [0.25, 0.3) is 5.56 Å². The minimum absolute atomic E-state index is 0.00145. The number of nitrogens with one attached hydrogen (secondary N) is 2. The summed E-state index contributed by atoms with van der Waals surface area (Å²) in [5.74, 6) is 0. The van der Waals surface area contributed by atoms with Crippen molar-refractivity contribution in [1.29, 1.82) is 0 Å². The molecule has 2 aliphatic rings. The molecule has 4 nitrogen and oxygen atoms in total. The van der Waals surface area contributed by atoms with Gasteiger partial charge in [0, 0.05) is 23.2 Å². The van der Waals surface area contributed by atoms with E-state index in [2.05, 4.69) is 27.3 Å². The van der Waals surface area contributed by atoms with E-state index < -0.39 is 0 Å². The highest BCUT2D eigenvalue weighted by Crippen LogP contribution is 2.26. The fourth-order valence-electron chi connectivity index (χ4n) is 4.75. The predicted molar refractivity (Wildman–Crippen MR) is 120 cm³/mol. The Hall–Kier alpha value is -1.88. The number of H-pyrrole nitrogens is 1. The first-order valence-corrected chi connectivity index (χ1v) is 11.2. The third-order valence-corrected chi connectivity index (χ3v) is 6.73. The molecule has 5 heteroatoms. The number of thiocarbonyl (C=S) groups is 1. The lowest BCUT2D eigenvalue weighted by Gasteiger charge is -2.34. The van der Waals surface area contributed by atoms with E-state index in [9.17, 15) is 4.79 Å². The average molecular weight is 398 g/mol. The fourth-order valence-corrected chi connectivity index (χ4v) is 5.13. The number of benzene rings is 1. The number of hydrogen-bond donors (Lipinski definition) is 2. The maximum absolute atomic E-state index is 12.8. The Morgan fingerprint density at radius 1 is 1.11 bits per heavy atom. The van der Waals surface area contributed by atoms with Gasteiger partial charge in [-0.3, -0.25) is 4.79 Å². The molecule has 2 aromatic rings. The van der Waals surface area contributed by atoms with Gasteiger partial charge in [-0.05, 0) is 67.9 Å². The van der Waals surface area contributed by atoms with E-state index in [1.807, 2.05) is 19.1 Å². The molecule has 0 atom stereocenters. The van der Waals surface area contributed by atoms with Crippen LogP contribution in [0.2, 0.25) is 0 Å². The summed E-state index contributed by atoms with van der Waals surface area (Å²) in [7, 11) is 0. The number of pyridine rings is 1. The summed E-state index contributed by atoms with van der Waals surface area (Å²) in [6, 6.07) is 9.18. The zero-order valence-electron chi connectivity index (χ0n) is 16.8. The summed E-state index contributed by atoms with van der Waals surface area (Å²) >= 11 is 5.85. The van der Waals surface area contributed by atoms with E-state index in [4.69, 9.17) is 12.2 Å². The second kappa shape index (κ2) is 8.64. The standard InChI is InChI=1S/C23H31N3OS/c1-16-11-12-17-14-18(22(27)25-21(17)13-16)15-26(20-9-5-6-10-20)23(28)24-19-7-3-2-4-8-19/h11-14,19-20H,2-10,15H2,1H3,(H,24,28)(H,25,27). The number of hydrogen-bond acceptors (Lipinski definition) is 2. The normalized spacial score (nSPS) is 18.5. The Morgan fingerprint density at radius 3 is 2.57 bits per heavy atom. The third-order valence-electron chi connectivity index (χ3n) is 6.38.